The van der Waals surface area contributed by atoms with Gasteiger partial charge in [-0.25, -0.2) is 9.36 Å². The molecule has 1 aromatic carbocycles. The molecular weight excluding hydrogens is 223 g/mol. The number of phosphoric ester groups is 1. The van der Waals surface area contributed by atoms with E-state index < -0.39 is 13.8 Å². The van der Waals surface area contributed by atoms with Gasteiger partial charge in [-0.2, -0.15) is 0 Å². The molecular formula is C8H9O6P. The van der Waals surface area contributed by atoms with Gasteiger partial charge in [-0.05, 0) is 19.1 Å². The van der Waals surface area contributed by atoms with Crippen LogP contribution < -0.4 is 4.52 Å². The van der Waals surface area contributed by atoms with Crippen molar-refractivity contribution in [1.29, 1.82) is 0 Å². The zero-order valence-electron chi connectivity index (χ0n) is 7.75. The van der Waals surface area contributed by atoms with Gasteiger partial charge < -0.3 is 9.63 Å². The maximum Gasteiger partial charge on any atom is 0.524 e. The second-order valence-corrected chi connectivity index (χ2v) is 3.98. The lowest BCUT2D eigenvalue weighted by molar-refractivity contribution is 0.0695. The highest BCUT2D eigenvalue weighted by atomic mass is 31.2. The predicted molar refractivity (Wildman–Crippen MR) is 50.8 cm³/mol. The molecule has 0 amide bonds. The summed E-state index contributed by atoms with van der Waals surface area (Å²) in [7, 11) is -4.66. The number of rotatable bonds is 3. The van der Waals surface area contributed by atoms with E-state index in [1.54, 1.807) is 0 Å². The molecule has 0 saturated carbocycles. The van der Waals surface area contributed by atoms with Gasteiger partial charge in [-0.1, -0.05) is 6.07 Å². The van der Waals surface area contributed by atoms with Gasteiger partial charge >= 0.3 is 13.8 Å². The van der Waals surface area contributed by atoms with Crippen LogP contribution >= 0.6 is 7.82 Å². The van der Waals surface area contributed by atoms with Gasteiger partial charge in [0.25, 0.3) is 0 Å². The van der Waals surface area contributed by atoms with Crippen LogP contribution in [-0.2, 0) is 4.57 Å². The minimum absolute atomic E-state index is 0.0547. The van der Waals surface area contributed by atoms with Crippen molar-refractivity contribution in [2.24, 2.45) is 0 Å². The molecule has 82 valence electrons. The van der Waals surface area contributed by atoms with Gasteiger partial charge in [0.05, 0.1) is 5.56 Å². The average Bonchev–Trinajstić information content (AvgIpc) is 2.05. The van der Waals surface area contributed by atoms with E-state index in [2.05, 4.69) is 4.52 Å². The van der Waals surface area contributed by atoms with Crippen molar-refractivity contribution in [3.8, 4) is 5.75 Å². The van der Waals surface area contributed by atoms with E-state index >= 15 is 0 Å². The van der Waals surface area contributed by atoms with Gasteiger partial charge in [-0.3, -0.25) is 9.79 Å². The molecule has 0 spiro atoms. The Balaban J connectivity index is 3.16. The number of phosphoric acid groups is 1. The molecule has 1 rings (SSSR count). The van der Waals surface area contributed by atoms with Gasteiger partial charge in [0.1, 0.15) is 5.75 Å². The third-order valence-corrected chi connectivity index (χ3v) is 2.17. The van der Waals surface area contributed by atoms with Crippen molar-refractivity contribution < 1.29 is 28.8 Å². The fourth-order valence-corrected chi connectivity index (χ4v) is 1.53. The van der Waals surface area contributed by atoms with Crippen LogP contribution in [0.5, 0.6) is 5.75 Å². The van der Waals surface area contributed by atoms with Crippen LogP contribution in [0.2, 0.25) is 0 Å². The van der Waals surface area contributed by atoms with Crippen molar-refractivity contribution in [2.45, 2.75) is 6.92 Å². The molecule has 7 heteroatoms. The van der Waals surface area contributed by atoms with E-state index in [-0.39, 0.29) is 16.9 Å². The second-order valence-electron chi connectivity index (χ2n) is 2.82. The van der Waals surface area contributed by atoms with E-state index in [1.165, 1.54) is 25.1 Å². The first-order valence-electron chi connectivity index (χ1n) is 3.89. The van der Waals surface area contributed by atoms with Crippen LogP contribution in [0, 0.1) is 6.92 Å². The number of hydrogen-bond donors (Lipinski definition) is 3. The molecule has 0 atom stereocenters. The number of benzene rings is 1. The molecule has 1 aromatic rings. The molecule has 15 heavy (non-hydrogen) atoms. The SMILES string of the molecule is Cc1c(OP(=O)(O)O)cccc1C(=O)O. The van der Waals surface area contributed by atoms with Gasteiger partial charge in [-0.15, -0.1) is 0 Å². The third kappa shape index (κ3) is 3.06. The number of aromatic carboxylic acids is 1. The average molecular weight is 232 g/mol. The summed E-state index contributed by atoms with van der Waals surface area (Å²) in [6, 6.07) is 3.96. The molecule has 0 unspecified atom stereocenters. The van der Waals surface area contributed by atoms with Gasteiger partial charge in [0.2, 0.25) is 0 Å². The summed E-state index contributed by atoms with van der Waals surface area (Å²) in [5, 5.41) is 8.74. The van der Waals surface area contributed by atoms with Gasteiger partial charge in [0.15, 0.2) is 0 Å². The Morgan fingerprint density at radius 3 is 2.47 bits per heavy atom. The maximum absolute atomic E-state index is 10.7. The standard InChI is InChI=1S/C8H9O6P/c1-5-6(8(9)10)3-2-4-7(5)14-15(11,12)13/h2-4H,1H3,(H,9,10)(H2,11,12,13). The number of hydrogen-bond acceptors (Lipinski definition) is 3. The highest BCUT2D eigenvalue weighted by Crippen LogP contribution is 2.39. The van der Waals surface area contributed by atoms with Crippen molar-refractivity contribution in [3.63, 3.8) is 0 Å². The topological polar surface area (TPSA) is 104 Å². The lowest BCUT2D eigenvalue weighted by Gasteiger charge is -2.10. The molecule has 0 heterocycles. The zero-order chi connectivity index (χ0) is 11.6. The largest absolute Gasteiger partial charge is 0.524 e. The van der Waals surface area contributed by atoms with Crippen molar-refractivity contribution in [1.82, 2.24) is 0 Å². The molecule has 0 aliphatic carbocycles. The van der Waals surface area contributed by atoms with E-state index in [0.717, 1.165) is 0 Å². The maximum atomic E-state index is 10.7. The summed E-state index contributed by atoms with van der Waals surface area (Å²) in [5.74, 6) is -1.31. The Kier molecular flexibility index (Phi) is 3.14. The smallest absolute Gasteiger partial charge is 0.478 e. The molecule has 0 saturated heterocycles. The van der Waals surface area contributed by atoms with Crippen LogP contribution in [0.25, 0.3) is 0 Å². The quantitative estimate of drug-likeness (QED) is 0.675. The van der Waals surface area contributed by atoms with E-state index in [9.17, 15) is 9.36 Å². The fraction of sp³-hybridized carbons (Fsp3) is 0.125. The van der Waals surface area contributed by atoms with Crippen LogP contribution in [0.3, 0.4) is 0 Å². The highest BCUT2D eigenvalue weighted by Gasteiger charge is 2.19. The fourth-order valence-electron chi connectivity index (χ4n) is 1.07. The monoisotopic (exact) mass is 232 g/mol. The molecule has 0 aromatic heterocycles. The van der Waals surface area contributed by atoms with Crippen LogP contribution in [0.15, 0.2) is 18.2 Å². The first-order valence-corrected chi connectivity index (χ1v) is 5.42. The van der Waals surface area contributed by atoms with Crippen molar-refractivity contribution in [3.05, 3.63) is 29.3 Å². The Hall–Kier alpha value is -1.36. The molecule has 0 fully saturated rings. The molecule has 0 aliphatic rings. The second kappa shape index (κ2) is 4.02. The predicted octanol–water partition coefficient (Wildman–Crippen LogP) is 1.16. The summed E-state index contributed by atoms with van der Waals surface area (Å²) in [6.07, 6.45) is 0. The lowest BCUT2D eigenvalue weighted by atomic mass is 10.1. The van der Waals surface area contributed by atoms with Gasteiger partial charge in [0, 0.05) is 5.56 Å². The molecule has 0 radical (unpaired) electrons. The first kappa shape index (κ1) is 11.7. The van der Waals surface area contributed by atoms with E-state index in [4.69, 9.17) is 14.9 Å². The summed E-state index contributed by atoms with van der Waals surface area (Å²) in [6.45, 7) is 1.41. The van der Waals surface area contributed by atoms with Crippen molar-refractivity contribution in [2.75, 3.05) is 0 Å². The summed E-state index contributed by atoms with van der Waals surface area (Å²) < 4.78 is 14.9. The molecule has 3 N–H and O–H groups in total. The summed E-state index contributed by atoms with van der Waals surface area (Å²) >= 11 is 0. The molecule has 6 nitrogen and oxygen atoms in total. The Labute approximate surface area is 85.4 Å². The first-order chi connectivity index (χ1) is 6.81. The highest BCUT2D eigenvalue weighted by molar-refractivity contribution is 7.46. The molecule has 0 aliphatic heterocycles. The lowest BCUT2D eigenvalue weighted by Crippen LogP contribution is -2.01. The van der Waals surface area contributed by atoms with Crippen LogP contribution in [0.1, 0.15) is 15.9 Å². The molecule has 0 bridgehead atoms. The van der Waals surface area contributed by atoms with Crippen LogP contribution in [-0.4, -0.2) is 20.9 Å². The number of carbonyl (C=O) groups is 1. The van der Waals surface area contributed by atoms with Crippen LogP contribution in [0.4, 0.5) is 0 Å². The summed E-state index contributed by atoms with van der Waals surface area (Å²) in [4.78, 5) is 27.8. The number of carboxylic acid groups (broad SMARTS) is 1. The van der Waals surface area contributed by atoms with E-state index in [1.807, 2.05) is 0 Å². The van der Waals surface area contributed by atoms with Crippen molar-refractivity contribution >= 4 is 13.8 Å². The summed E-state index contributed by atoms with van der Waals surface area (Å²) in [5.41, 5.74) is 0.120. The normalized spacial score (nSPS) is 11.1. The zero-order valence-corrected chi connectivity index (χ0v) is 8.64. The third-order valence-electron chi connectivity index (χ3n) is 1.73. The minimum atomic E-state index is -4.66. The Morgan fingerprint density at radius 1 is 1.40 bits per heavy atom. The Morgan fingerprint density at radius 2 is 2.00 bits per heavy atom. The van der Waals surface area contributed by atoms with E-state index in [0.29, 0.717) is 0 Å². The Bertz CT molecular complexity index is 435. The minimum Gasteiger partial charge on any atom is -0.478 e. The number of carboxylic acids is 1.